The number of hydrogen-bond donors (Lipinski definition) is 1. The number of rotatable bonds is 4. The van der Waals surface area contributed by atoms with Crippen molar-refractivity contribution in [3.63, 3.8) is 0 Å². The predicted octanol–water partition coefficient (Wildman–Crippen LogP) is 4.94. The molecule has 1 N–H and O–H groups in total. The number of nitrogens with zero attached hydrogens (tertiary/aromatic N) is 1. The Morgan fingerprint density at radius 3 is 1.85 bits per heavy atom. The number of carbonyl (C=O) groups excluding carboxylic acids is 1. The van der Waals surface area contributed by atoms with Gasteiger partial charge in [-0.05, 0) is 42.5 Å². The van der Waals surface area contributed by atoms with Crippen LogP contribution in [-0.4, -0.2) is 19.5 Å². The Balaban J connectivity index is 2.18. The zero-order valence-corrected chi connectivity index (χ0v) is 13.7. The van der Waals surface area contributed by atoms with E-state index in [1.54, 1.807) is 0 Å². The number of halogens is 7. The van der Waals surface area contributed by atoms with Crippen molar-refractivity contribution in [1.29, 1.82) is 0 Å². The highest BCUT2D eigenvalue weighted by molar-refractivity contribution is 5.95. The molecule has 0 aliphatic carbocycles. The van der Waals surface area contributed by atoms with Crippen LogP contribution in [0, 0.1) is 5.82 Å². The number of alkyl halides is 6. The van der Waals surface area contributed by atoms with Crippen molar-refractivity contribution in [2.45, 2.75) is 12.4 Å². The second-order valence-corrected chi connectivity index (χ2v) is 5.58. The van der Waals surface area contributed by atoms with Gasteiger partial charge in [0.05, 0.1) is 17.7 Å². The topological polar surface area (TPSA) is 32.3 Å². The van der Waals surface area contributed by atoms with E-state index in [1.165, 1.54) is 19.2 Å². The first-order valence-corrected chi connectivity index (χ1v) is 7.43. The van der Waals surface area contributed by atoms with Crippen molar-refractivity contribution in [2.75, 3.05) is 23.8 Å². The highest BCUT2D eigenvalue weighted by atomic mass is 19.4. The zero-order chi connectivity index (χ0) is 20.4. The summed E-state index contributed by atoms with van der Waals surface area (Å²) in [6, 6.07) is 5.79. The minimum absolute atomic E-state index is 0.00234. The molecule has 0 bridgehead atoms. The lowest BCUT2D eigenvalue weighted by Gasteiger charge is -2.19. The molecular weight excluding hydrogens is 381 g/mol. The van der Waals surface area contributed by atoms with Gasteiger partial charge < -0.3 is 10.2 Å². The Morgan fingerprint density at radius 2 is 1.41 bits per heavy atom. The van der Waals surface area contributed by atoms with Gasteiger partial charge in [0.15, 0.2) is 0 Å². The molecule has 0 unspecified atom stereocenters. The average molecular weight is 394 g/mol. The zero-order valence-electron chi connectivity index (χ0n) is 13.7. The number of likely N-dealkylation sites (N-methyl/N-ethyl adjacent to an activating group) is 1. The van der Waals surface area contributed by atoms with Gasteiger partial charge in [0.25, 0.3) is 0 Å². The largest absolute Gasteiger partial charge is 0.416 e. The first-order valence-electron chi connectivity index (χ1n) is 7.43. The summed E-state index contributed by atoms with van der Waals surface area (Å²) < 4.78 is 89.8. The lowest BCUT2D eigenvalue weighted by Crippen LogP contribution is -2.32. The highest BCUT2D eigenvalue weighted by Crippen LogP contribution is 2.37. The molecular formula is C17H13F7N2O. The van der Waals surface area contributed by atoms with E-state index in [4.69, 9.17) is 0 Å². The standard InChI is InChI=1S/C17H13F7N2O/c1-26(14-4-2-12(18)3-5-14)15(27)9-25-13-7-10(16(19,20)21)6-11(8-13)17(22,23)24/h2-8,25H,9H2,1H3. The summed E-state index contributed by atoms with van der Waals surface area (Å²) >= 11 is 0. The third kappa shape index (κ3) is 5.35. The van der Waals surface area contributed by atoms with Gasteiger partial charge in [-0.3, -0.25) is 4.79 Å². The predicted molar refractivity (Wildman–Crippen MR) is 84.7 cm³/mol. The van der Waals surface area contributed by atoms with Gasteiger partial charge in [0, 0.05) is 18.4 Å². The molecule has 2 aromatic carbocycles. The third-order valence-corrected chi connectivity index (χ3v) is 3.62. The summed E-state index contributed by atoms with van der Waals surface area (Å²) in [6.07, 6.45) is -9.96. The Labute approximate surface area is 149 Å². The monoisotopic (exact) mass is 394 g/mol. The summed E-state index contributed by atoms with van der Waals surface area (Å²) in [5, 5.41) is 2.27. The van der Waals surface area contributed by atoms with Crippen molar-refractivity contribution >= 4 is 17.3 Å². The molecule has 0 saturated carbocycles. The Hall–Kier alpha value is -2.78. The van der Waals surface area contributed by atoms with E-state index in [9.17, 15) is 35.5 Å². The number of anilines is 2. The first-order chi connectivity index (χ1) is 12.4. The minimum Gasteiger partial charge on any atom is -0.376 e. The van der Waals surface area contributed by atoms with E-state index in [0.717, 1.165) is 17.0 Å². The SMILES string of the molecule is CN(C(=O)CNc1cc(C(F)(F)F)cc(C(F)(F)F)c1)c1ccc(F)cc1. The summed E-state index contributed by atoms with van der Waals surface area (Å²) in [7, 11) is 1.34. The summed E-state index contributed by atoms with van der Waals surface area (Å²) in [6.45, 7) is -0.563. The van der Waals surface area contributed by atoms with Crippen LogP contribution >= 0.6 is 0 Å². The summed E-state index contributed by atoms with van der Waals surface area (Å²) in [4.78, 5) is 13.2. The van der Waals surface area contributed by atoms with Gasteiger partial charge in [-0.2, -0.15) is 26.3 Å². The second kappa shape index (κ2) is 7.45. The molecule has 0 aliphatic rings. The van der Waals surface area contributed by atoms with Crippen LogP contribution in [0.1, 0.15) is 11.1 Å². The Bertz CT molecular complexity index is 781. The molecule has 0 heterocycles. The van der Waals surface area contributed by atoms with E-state index in [-0.39, 0.29) is 6.07 Å². The van der Waals surface area contributed by atoms with Gasteiger partial charge in [-0.1, -0.05) is 0 Å². The number of hydrogen-bond acceptors (Lipinski definition) is 2. The fraction of sp³-hybridized carbons (Fsp3) is 0.235. The minimum atomic E-state index is -4.98. The smallest absolute Gasteiger partial charge is 0.376 e. The molecule has 2 rings (SSSR count). The van der Waals surface area contributed by atoms with Crippen molar-refractivity contribution < 1.29 is 35.5 Å². The lowest BCUT2D eigenvalue weighted by molar-refractivity contribution is -0.143. The van der Waals surface area contributed by atoms with Crippen molar-refractivity contribution in [3.8, 4) is 0 Å². The van der Waals surface area contributed by atoms with Crippen LogP contribution in [0.3, 0.4) is 0 Å². The maximum absolute atomic E-state index is 12.9. The van der Waals surface area contributed by atoms with Gasteiger partial charge in [-0.25, -0.2) is 4.39 Å². The first kappa shape index (κ1) is 20.5. The molecule has 10 heteroatoms. The molecule has 146 valence electrons. The third-order valence-electron chi connectivity index (χ3n) is 3.62. The summed E-state index contributed by atoms with van der Waals surface area (Å²) in [5.41, 5.74) is -3.17. The van der Waals surface area contributed by atoms with Gasteiger partial charge >= 0.3 is 12.4 Å². The molecule has 0 fully saturated rings. The molecule has 0 aromatic heterocycles. The lowest BCUT2D eigenvalue weighted by atomic mass is 10.1. The van der Waals surface area contributed by atoms with Gasteiger partial charge in [-0.15, -0.1) is 0 Å². The average Bonchev–Trinajstić information content (AvgIpc) is 2.58. The van der Waals surface area contributed by atoms with E-state index >= 15 is 0 Å². The van der Waals surface area contributed by atoms with Crippen LogP contribution in [0.4, 0.5) is 42.1 Å². The molecule has 27 heavy (non-hydrogen) atoms. The maximum atomic E-state index is 12.9. The second-order valence-electron chi connectivity index (χ2n) is 5.58. The van der Waals surface area contributed by atoms with Crippen LogP contribution in [0.15, 0.2) is 42.5 Å². The molecule has 3 nitrogen and oxygen atoms in total. The molecule has 0 radical (unpaired) electrons. The molecule has 0 atom stereocenters. The van der Waals surface area contributed by atoms with E-state index in [2.05, 4.69) is 5.32 Å². The molecule has 0 aliphatic heterocycles. The van der Waals surface area contributed by atoms with E-state index < -0.39 is 47.4 Å². The maximum Gasteiger partial charge on any atom is 0.416 e. The molecule has 2 aromatic rings. The Morgan fingerprint density at radius 1 is 0.926 bits per heavy atom. The Kier molecular flexibility index (Phi) is 5.67. The highest BCUT2D eigenvalue weighted by Gasteiger charge is 2.37. The van der Waals surface area contributed by atoms with Gasteiger partial charge in [0.2, 0.25) is 5.91 Å². The fourth-order valence-corrected chi connectivity index (χ4v) is 2.16. The number of benzene rings is 2. The number of nitrogens with one attached hydrogen (secondary N) is 1. The van der Waals surface area contributed by atoms with E-state index in [0.29, 0.717) is 17.8 Å². The number of carbonyl (C=O) groups is 1. The van der Waals surface area contributed by atoms with Crippen molar-refractivity contribution in [2.24, 2.45) is 0 Å². The quantitative estimate of drug-likeness (QED) is 0.746. The van der Waals surface area contributed by atoms with Crippen LogP contribution in [0.5, 0.6) is 0 Å². The number of amides is 1. The normalized spacial score (nSPS) is 12.0. The van der Waals surface area contributed by atoms with E-state index in [1.807, 2.05) is 0 Å². The van der Waals surface area contributed by atoms with Crippen LogP contribution in [0.2, 0.25) is 0 Å². The van der Waals surface area contributed by atoms with Crippen molar-refractivity contribution in [3.05, 3.63) is 59.4 Å². The van der Waals surface area contributed by atoms with Crippen LogP contribution in [0.25, 0.3) is 0 Å². The van der Waals surface area contributed by atoms with Gasteiger partial charge in [0.1, 0.15) is 5.82 Å². The van der Waals surface area contributed by atoms with Crippen molar-refractivity contribution in [1.82, 2.24) is 0 Å². The fourth-order valence-electron chi connectivity index (χ4n) is 2.16. The van der Waals surface area contributed by atoms with Crippen LogP contribution in [-0.2, 0) is 17.1 Å². The molecule has 1 amide bonds. The molecule has 0 spiro atoms. The molecule has 0 saturated heterocycles. The summed E-state index contributed by atoms with van der Waals surface area (Å²) in [5.74, 6) is -1.17. The van der Waals surface area contributed by atoms with Crippen LogP contribution < -0.4 is 10.2 Å².